The third-order valence-electron chi connectivity index (χ3n) is 3.66. The van der Waals surface area contributed by atoms with Crippen molar-refractivity contribution in [2.24, 2.45) is 23.5 Å². The van der Waals surface area contributed by atoms with Crippen LogP contribution in [0.1, 0.15) is 52.9 Å². The molecule has 17 heavy (non-hydrogen) atoms. The van der Waals surface area contributed by atoms with Crippen LogP contribution in [-0.2, 0) is 9.53 Å². The molecule has 0 amide bonds. The fraction of sp³-hybridized carbons (Fsp3) is 0.929. The lowest BCUT2D eigenvalue weighted by molar-refractivity contribution is -0.156. The molecule has 1 aliphatic carbocycles. The van der Waals surface area contributed by atoms with Crippen molar-refractivity contribution in [1.82, 2.24) is 0 Å². The Morgan fingerprint density at radius 1 is 1.29 bits per heavy atom. The van der Waals surface area contributed by atoms with Crippen LogP contribution >= 0.6 is 0 Å². The molecule has 0 heterocycles. The lowest BCUT2D eigenvalue weighted by atomic mass is 9.82. The Labute approximate surface area is 105 Å². The summed E-state index contributed by atoms with van der Waals surface area (Å²) in [7, 11) is 0. The summed E-state index contributed by atoms with van der Waals surface area (Å²) in [6.45, 7) is 7.07. The van der Waals surface area contributed by atoms with E-state index in [1.807, 2.05) is 6.92 Å². The molecular weight excluding hydrogens is 214 g/mol. The van der Waals surface area contributed by atoms with Gasteiger partial charge in [0.2, 0.25) is 0 Å². The van der Waals surface area contributed by atoms with Gasteiger partial charge in [-0.2, -0.15) is 0 Å². The van der Waals surface area contributed by atoms with Crippen molar-refractivity contribution in [3.05, 3.63) is 0 Å². The summed E-state index contributed by atoms with van der Waals surface area (Å²) in [5.74, 6) is 1.31. The molecule has 3 nitrogen and oxygen atoms in total. The Hall–Kier alpha value is -0.570. The van der Waals surface area contributed by atoms with Crippen molar-refractivity contribution < 1.29 is 9.53 Å². The lowest BCUT2D eigenvalue weighted by Crippen LogP contribution is -2.30. The maximum Gasteiger partial charge on any atom is 0.308 e. The summed E-state index contributed by atoms with van der Waals surface area (Å²) in [6, 6.07) is 0. The SMILES string of the molecule is CC1CC(C)CC(OC(=O)C(C)CCCN)C1. The largest absolute Gasteiger partial charge is 0.462 e. The van der Waals surface area contributed by atoms with Crippen LogP contribution in [-0.4, -0.2) is 18.6 Å². The van der Waals surface area contributed by atoms with Crippen LogP contribution in [0, 0.1) is 17.8 Å². The smallest absolute Gasteiger partial charge is 0.308 e. The first-order valence-electron chi connectivity index (χ1n) is 6.93. The number of ether oxygens (including phenoxy) is 1. The molecule has 100 valence electrons. The first kappa shape index (κ1) is 14.5. The van der Waals surface area contributed by atoms with E-state index in [0.29, 0.717) is 18.4 Å². The van der Waals surface area contributed by atoms with Gasteiger partial charge >= 0.3 is 5.97 Å². The maximum atomic E-state index is 11.9. The monoisotopic (exact) mass is 241 g/mol. The van der Waals surface area contributed by atoms with Gasteiger partial charge in [0.15, 0.2) is 0 Å². The van der Waals surface area contributed by atoms with E-state index in [0.717, 1.165) is 25.7 Å². The molecule has 1 rings (SSSR count). The summed E-state index contributed by atoms with van der Waals surface area (Å²) < 4.78 is 5.61. The van der Waals surface area contributed by atoms with Gasteiger partial charge in [0.1, 0.15) is 6.10 Å². The maximum absolute atomic E-state index is 11.9. The van der Waals surface area contributed by atoms with Crippen molar-refractivity contribution in [3.8, 4) is 0 Å². The average molecular weight is 241 g/mol. The minimum atomic E-state index is -0.0373. The van der Waals surface area contributed by atoms with Gasteiger partial charge in [-0.3, -0.25) is 4.79 Å². The second-order valence-electron chi connectivity index (χ2n) is 5.81. The predicted octanol–water partition coefficient (Wildman–Crippen LogP) is 2.73. The van der Waals surface area contributed by atoms with Crippen molar-refractivity contribution in [2.75, 3.05) is 6.54 Å². The molecule has 0 spiro atoms. The Morgan fingerprint density at radius 3 is 2.41 bits per heavy atom. The third-order valence-corrected chi connectivity index (χ3v) is 3.66. The molecule has 3 unspecified atom stereocenters. The van der Waals surface area contributed by atoms with Crippen molar-refractivity contribution >= 4 is 5.97 Å². The molecule has 1 aliphatic rings. The summed E-state index contributed by atoms with van der Waals surface area (Å²) in [5.41, 5.74) is 5.45. The van der Waals surface area contributed by atoms with Gasteiger partial charge in [0.25, 0.3) is 0 Å². The quantitative estimate of drug-likeness (QED) is 0.753. The highest BCUT2D eigenvalue weighted by atomic mass is 16.5. The van der Waals surface area contributed by atoms with E-state index in [-0.39, 0.29) is 18.0 Å². The van der Waals surface area contributed by atoms with E-state index in [2.05, 4.69) is 13.8 Å². The minimum absolute atomic E-state index is 0.00825. The topological polar surface area (TPSA) is 52.3 Å². The van der Waals surface area contributed by atoms with Gasteiger partial charge in [-0.05, 0) is 50.5 Å². The van der Waals surface area contributed by atoms with Crippen molar-refractivity contribution in [2.45, 2.75) is 59.0 Å². The van der Waals surface area contributed by atoms with Crippen LogP contribution in [0.15, 0.2) is 0 Å². The van der Waals surface area contributed by atoms with E-state index < -0.39 is 0 Å². The molecule has 0 saturated heterocycles. The summed E-state index contributed by atoms with van der Waals surface area (Å²) in [6.07, 6.45) is 5.19. The summed E-state index contributed by atoms with van der Waals surface area (Å²) in [5, 5.41) is 0. The fourth-order valence-electron chi connectivity index (χ4n) is 2.79. The van der Waals surface area contributed by atoms with E-state index in [9.17, 15) is 4.79 Å². The second-order valence-corrected chi connectivity index (χ2v) is 5.81. The molecule has 0 aromatic rings. The summed E-state index contributed by atoms with van der Waals surface area (Å²) >= 11 is 0. The molecule has 3 heteroatoms. The van der Waals surface area contributed by atoms with Crippen LogP contribution < -0.4 is 5.73 Å². The van der Waals surface area contributed by atoms with Crippen LogP contribution in [0.5, 0.6) is 0 Å². The normalized spacial score (nSPS) is 30.9. The molecule has 0 radical (unpaired) electrons. The zero-order valence-corrected chi connectivity index (χ0v) is 11.4. The van der Waals surface area contributed by atoms with E-state index in [4.69, 9.17) is 10.5 Å². The fourth-order valence-corrected chi connectivity index (χ4v) is 2.79. The molecule has 1 fully saturated rings. The molecule has 0 aromatic carbocycles. The molecule has 1 saturated carbocycles. The standard InChI is InChI=1S/C14H27NO2/c1-10-7-11(2)9-13(8-10)17-14(16)12(3)5-4-6-15/h10-13H,4-9,15H2,1-3H3. The Balaban J connectivity index is 2.34. The van der Waals surface area contributed by atoms with Crippen LogP contribution in [0.4, 0.5) is 0 Å². The van der Waals surface area contributed by atoms with Gasteiger partial charge < -0.3 is 10.5 Å². The lowest BCUT2D eigenvalue weighted by Gasteiger charge is -2.31. The first-order valence-corrected chi connectivity index (χ1v) is 6.93. The van der Waals surface area contributed by atoms with Gasteiger partial charge in [-0.15, -0.1) is 0 Å². The molecular formula is C14H27NO2. The van der Waals surface area contributed by atoms with E-state index >= 15 is 0 Å². The number of hydrogen-bond acceptors (Lipinski definition) is 3. The number of carbonyl (C=O) groups excluding carboxylic acids is 1. The number of carbonyl (C=O) groups is 1. The number of esters is 1. The van der Waals surface area contributed by atoms with Crippen LogP contribution in [0.3, 0.4) is 0 Å². The van der Waals surface area contributed by atoms with Crippen LogP contribution in [0.2, 0.25) is 0 Å². The second kappa shape index (κ2) is 7.00. The van der Waals surface area contributed by atoms with E-state index in [1.54, 1.807) is 0 Å². The van der Waals surface area contributed by atoms with Gasteiger partial charge in [0.05, 0.1) is 5.92 Å². The molecule has 0 aliphatic heterocycles. The summed E-state index contributed by atoms with van der Waals surface area (Å²) in [4.78, 5) is 11.9. The van der Waals surface area contributed by atoms with Gasteiger partial charge in [0, 0.05) is 0 Å². The average Bonchev–Trinajstić information content (AvgIpc) is 2.24. The Kier molecular flexibility index (Phi) is 5.96. The highest BCUT2D eigenvalue weighted by Gasteiger charge is 2.27. The highest BCUT2D eigenvalue weighted by Crippen LogP contribution is 2.30. The predicted molar refractivity (Wildman–Crippen MR) is 69.5 cm³/mol. The van der Waals surface area contributed by atoms with Crippen molar-refractivity contribution in [3.63, 3.8) is 0 Å². The van der Waals surface area contributed by atoms with Crippen molar-refractivity contribution in [1.29, 1.82) is 0 Å². The molecule has 2 N–H and O–H groups in total. The number of hydrogen-bond donors (Lipinski definition) is 1. The molecule has 0 aromatic heterocycles. The third kappa shape index (κ3) is 5.07. The number of rotatable bonds is 5. The molecule has 0 bridgehead atoms. The zero-order valence-electron chi connectivity index (χ0n) is 11.4. The minimum Gasteiger partial charge on any atom is -0.462 e. The van der Waals surface area contributed by atoms with E-state index in [1.165, 1.54) is 6.42 Å². The highest BCUT2D eigenvalue weighted by molar-refractivity contribution is 5.72. The first-order chi connectivity index (χ1) is 8.02. The van der Waals surface area contributed by atoms with Gasteiger partial charge in [-0.1, -0.05) is 20.8 Å². The zero-order chi connectivity index (χ0) is 12.8. The Morgan fingerprint density at radius 2 is 1.88 bits per heavy atom. The Bertz CT molecular complexity index is 232. The number of nitrogens with two attached hydrogens (primary N) is 1. The molecule has 3 atom stereocenters. The van der Waals surface area contributed by atoms with Crippen LogP contribution in [0.25, 0.3) is 0 Å². The van der Waals surface area contributed by atoms with Gasteiger partial charge in [-0.25, -0.2) is 0 Å².